The van der Waals surface area contributed by atoms with Crippen LogP contribution in [0.15, 0.2) is 71.6 Å². The molecule has 0 saturated carbocycles. The van der Waals surface area contributed by atoms with E-state index < -0.39 is 12.1 Å². The summed E-state index contributed by atoms with van der Waals surface area (Å²) in [5.41, 5.74) is 8.08. The molecule has 0 bridgehead atoms. The molecule has 1 unspecified atom stereocenters. The van der Waals surface area contributed by atoms with E-state index in [0.29, 0.717) is 6.54 Å². The van der Waals surface area contributed by atoms with Crippen molar-refractivity contribution in [3.05, 3.63) is 82.0 Å². The lowest BCUT2D eigenvalue weighted by Crippen LogP contribution is -2.36. The number of thiophene rings is 2. The molecule has 1 atom stereocenters. The molecule has 3 aromatic heterocycles. The second-order valence-corrected chi connectivity index (χ2v) is 9.22. The number of urea groups is 1. The summed E-state index contributed by atoms with van der Waals surface area (Å²) >= 11 is 3.09. The van der Waals surface area contributed by atoms with Gasteiger partial charge in [-0.05, 0) is 35.0 Å². The van der Waals surface area contributed by atoms with E-state index in [1.807, 2.05) is 76.2 Å². The van der Waals surface area contributed by atoms with Gasteiger partial charge in [-0.15, -0.1) is 22.7 Å². The predicted octanol–water partition coefficient (Wildman–Crippen LogP) is 4.42. The molecule has 0 saturated heterocycles. The third-order valence-electron chi connectivity index (χ3n) is 4.98. The SMILES string of the molecule is CN(Cc1cn(-c2ccccc2)nc1-c1cccs1)C(=O)CC(NC(N)=O)c1cccs1. The Balaban J connectivity index is 1.55. The van der Waals surface area contributed by atoms with Crippen LogP contribution in [-0.2, 0) is 11.3 Å². The van der Waals surface area contributed by atoms with Crippen LogP contribution in [0.2, 0.25) is 0 Å². The lowest BCUT2D eigenvalue weighted by molar-refractivity contribution is -0.130. The summed E-state index contributed by atoms with van der Waals surface area (Å²) in [4.78, 5) is 28.1. The number of primary amides is 1. The van der Waals surface area contributed by atoms with E-state index in [0.717, 1.165) is 26.7 Å². The zero-order valence-electron chi connectivity index (χ0n) is 17.5. The maximum Gasteiger partial charge on any atom is 0.312 e. The van der Waals surface area contributed by atoms with Crippen LogP contribution in [0.25, 0.3) is 16.3 Å². The summed E-state index contributed by atoms with van der Waals surface area (Å²) in [6.07, 6.45) is 2.09. The first-order valence-electron chi connectivity index (χ1n) is 10.0. The number of para-hydroxylation sites is 1. The van der Waals surface area contributed by atoms with Crippen molar-refractivity contribution in [1.29, 1.82) is 0 Å². The lowest BCUT2D eigenvalue weighted by atomic mass is 10.1. The largest absolute Gasteiger partial charge is 0.352 e. The molecule has 0 aliphatic rings. The minimum absolute atomic E-state index is 0.0956. The molecule has 3 amide bonds. The molecule has 0 spiro atoms. The smallest absolute Gasteiger partial charge is 0.312 e. The summed E-state index contributed by atoms with van der Waals surface area (Å²) in [7, 11) is 1.76. The Labute approximate surface area is 194 Å². The molecule has 0 aliphatic heterocycles. The van der Waals surface area contributed by atoms with Gasteiger partial charge in [0.15, 0.2) is 0 Å². The van der Waals surface area contributed by atoms with Gasteiger partial charge in [-0.1, -0.05) is 30.3 Å². The van der Waals surface area contributed by atoms with Gasteiger partial charge in [0, 0.05) is 30.2 Å². The maximum atomic E-state index is 13.0. The summed E-state index contributed by atoms with van der Waals surface area (Å²) in [6, 6.07) is 16.6. The monoisotopic (exact) mass is 465 g/mol. The number of carbonyl (C=O) groups excluding carboxylic acids is 2. The number of carbonyl (C=O) groups is 2. The van der Waals surface area contributed by atoms with Gasteiger partial charge in [-0.25, -0.2) is 9.48 Å². The van der Waals surface area contributed by atoms with Gasteiger partial charge in [0.05, 0.1) is 23.0 Å². The van der Waals surface area contributed by atoms with E-state index in [-0.39, 0.29) is 12.3 Å². The fourth-order valence-electron chi connectivity index (χ4n) is 3.42. The molecule has 0 aliphatic carbocycles. The van der Waals surface area contributed by atoms with Gasteiger partial charge < -0.3 is 16.0 Å². The van der Waals surface area contributed by atoms with Crippen LogP contribution in [-0.4, -0.2) is 33.7 Å². The summed E-state index contributed by atoms with van der Waals surface area (Å²) < 4.78 is 1.84. The molecule has 3 heterocycles. The molecule has 7 nitrogen and oxygen atoms in total. The number of rotatable bonds is 8. The second kappa shape index (κ2) is 9.80. The van der Waals surface area contributed by atoms with Gasteiger partial charge in [0.25, 0.3) is 0 Å². The topological polar surface area (TPSA) is 93.2 Å². The number of hydrogen-bond acceptors (Lipinski definition) is 5. The fourth-order valence-corrected chi connectivity index (χ4v) is 4.94. The molecular weight excluding hydrogens is 442 g/mol. The Kier molecular flexibility index (Phi) is 6.67. The van der Waals surface area contributed by atoms with Crippen LogP contribution < -0.4 is 11.1 Å². The highest BCUT2D eigenvalue weighted by Crippen LogP contribution is 2.29. The predicted molar refractivity (Wildman–Crippen MR) is 128 cm³/mol. The molecule has 0 radical (unpaired) electrons. The normalized spacial score (nSPS) is 11.8. The first kappa shape index (κ1) is 21.8. The van der Waals surface area contributed by atoms with Crippen molar-refractivity contribution in [3.63, 3.8) is 0 Å². The lowest BCUT2D eigenvalue weighted by Gasteiger charge is -2.21. The zero-order valence-corrected chi connectivity index (χ0v) is 19.1. The van der Waals surface area contributed by atoms with E-state index in [2.05, 4.69) is 5.32 Å². The molecule has 4 aromatic rings. The van der Waals surface area contributed by atoms with Gasteiger partial charge >= 0.3 is 6.03 Å². The molecule has 32 heavy (non-hydrogen) atoms. The van der Waals surface area contributed by atoms with Crippen molar-refractivity contribution in [2.24, 2.45) is 5.73 Å². The van der Waals surface area contributed by atoms with Crippen LogP contribution in [0, 0.1) is 0 Å². The van der Waals surface area contributed by atoms with Crippen LogP contribution in [0.4, 0.5) is 4.79 Å². The van der Waals surface area contributed by atoms with Crippen molar-refractivity contribution >= 4 is 34.6 Å². The minimum Gasteiger partial charge on any atom is -0.352 e. The third kappa shape index (κ3) is 5.06. The molecule has 0 fully saturated rings. The van der Waals surface area contributed by atoms with Crippen LogP contribution in [0.5, 0.6) is 0 Å². The summed E-state index contributed by atoms with van der Waals surface area (Å²) in [6.45, 7) is 0.395. The third-order valence-corrected chi connectivity index (χ3v) is 6.84. The Morgan fingerprint density at radius 3 is 2.50 bits per heavy atom. The number of amides is 3. The highest BCUT2D eigenvalue weighted by molar-refractivity contribution is 7.13. The molecule has 164 valence electrons. The number of benzene rings is 1. The van der Waals surface area contributed by atoms with E-state index in [9.17, 15) is 9.59 Å². The minimum atomic E-state index is -0.650. The fraction of sp³-hybridized carbons (Fsp3) is 0.174. The molecule has 3 N–H and O–H groups in total. The quantitative estimate of drug-likeness (QED) is 0.403. The summed E-state index contributed by atoms with van der Waals surface area (Å²) in [5, 5.41) is 11.4. The standard InChI is InChI=1S/C23H23N5O2S2/c1-27(21(29)13-18(25-23(24)30)19-9-5-11-31-19)14-16-15-28(17-7-3-2-4-8-17)26-22(16)20-10-6-12-32-20/h2-12,15,18H,13-14H2,1H3,(H3,24,25,30). The first-order valence-corrected chi connectivity index (χ1v) is 11.8. The van der Waals surface area contributed by atoms with Gasteiger partial charge in [-0.2, -0.15) is 5.10 Å². The number of hydrogen-bond donors (Lipinski definition) is 2. The number of nitrogens with one attached hydrogen (secondary N) is 1. The Morgan fingerprint density at radius 2 is 1.84 bits per heavy atom. The highest BCUT2D eigenvalue weighted by Gasteiger charge is 2.22. The van der Waals surface area contributed by atoms with Crippen molar-refractivity contribution in [3.8, 4) is 16.3 Å². The van der Waals surface area contributed by atoms with Gasteiger partial charge in [0.1, 0.15) is 5.69 Å². The number of nitrogens with zero attached hydrogens (tertiary/aromatic N) is 3. The van der Waals surface area contributed by atoms with Crippen molar-refractivity contribution in [1.82, 2.24) is 20.0 Å². The Bertz CT molecular complexity index is 1170. The number of aromatic nitrogens is 2. The molecule has 1 aromatic carbocycles. The Morgan fingerprint density at radius 1 is 1.09 bits per heavy atom. The van der Waals surface area contributed by atoms with E-state index in [4.69, 9.17) is 10.8 Å². The first-order chi connectivity index (χ1) is 15.5. The van der Waals surface area contributed by atoms with E-state index in [1.54, 1.807) is 23.3 Å². The van der Waals surface area contributed by atoms with Gasteiger partial charge in [0.2, 0.25) is 5.91 Å². The Hall–Kier alpha value is -3.43. The van der Waals surface area contributed by atoms with Crippen LogP contribution >= 0.6 is 22.7 Å². The maximum absolute atomic E-state index is 13.0. The molecule has 9 heteroatoms. The summed E-state index contributed by atoms with van der Waals surface area (Å²) in [5.74, 6) is -0.0956. The average molecular weight is 466 g/mol. The molecule has 4 rings (SSSR count). The highest BCUT2D eigenvalue weighted by atomic mass is 32.1. The van der Waals surface area contributed by atoms with Gasteiger partial charge in [-0.3, -0.25) is 4.79 Å². The van der Waals surface area contributed by atoms with E-state index in [1.165, 1.54) is 11.3 Å². The molecular formula is C23H23N5O2S2. The average Bonchev–Trinajstić information content (AvgIpc) is 3.54. The van der Waals surface area contributed by atoms with Crippen LogP contribution in [0.1, 0.15) is 22.9 Å². The number of nitrogens with two attached hydrogens (primary N) is 1. The van der Waals surface area contributed by atoms with Crippen LogP contribution in [0.3, 0.4) is 0 Å². The van der Waals surface area contributed by atoms with Crippen molar-refractivity contribution < 1.29 is 9.59 Å². The van der Waals surface area contributed by atoms with E-state index >= 15 is 0 Å². The second-order valence-electron chi connectivity index (χ2n) is 7.29. The van der Waals surface area contributed by atoms with Crippen molar-refractivity contribution in [2.45, 2.75) is 19.0 Å². The van der Waals surface area contributed by atoms with Crippen molar-refractivity contribution in [2.75, 3.05) is 7.05 Å². The zero-order chi connectivity index (χ0) is 22.5.